The van der Waals surface area contributed by atoms with E-state index >= 15 is 0 Å². The van der Waals surface area contributed by atoms with Crippen molar-refractivity contribution in [1.82, 2.24) is 4.98 Å². The van der Waals surface area contributed by atoms with Crippen LogP contribution in [0.5, 0.6) is 0 Å². The van der Waals surface area contributed by atoms with Gasteiger partial charge in [0.1, 0.15) is 0 Å². The van der Waals surface area contributed by atoms with Gasteiger partial charge >= 0.3 is 0 Å². The highest BCUT2D eigenvalue weighted by Crippen LogP contribution is 2.30. The lowest BCUT2D eigenvalue weighted by Crippen LogP contribution is -2.37. The standard InChI is InChI=1S/C19H21N3OS/c1-21(19-20-16-7-3-5-9-18(16)24-19)14-15-6-2-4-8-17(15)22-10-12-23-13-11-22/h2-9H,10-14H2,1H3. The number of fused-ring (bicyclic) bond motifs is 1. The molecule has 124 valence electrons. The summed E-state index contributed by atoms with van der Waals surface area (Å²) >= 11 is 1.75. The van der Waals surface area contributed by atoms with E-state index in [0.29, 0.717) is 0 Å². The molecule has 1 aromatic heterocycles. The molecule has 1 fully saturated rings. The van der Waals surface area contributed by atoms with E-state index < -0.39 is 0 Å². The van der Waals surface area contributed by atoms with Crippen molar-refractivity contribution in [1.29, 1.82) is 0 Å². The van der Waals surface area contributed by atoms with Gasteiger partial charge in [0, 0.05) is 32.4 Å². The van der Waals surface area contributed by atoms with Crippen molar-refractivity contribution in [3.05, 3.63) is 54.1 Å². The normalized spacial score (nSPS) is 15.0. The van der Waals surface area contributed by atoms with Crippen LogP contribution < -0.4 is 9.80 Å². The molecule has 0 aliphatic carbocycles. The molecule has 0 radical (unpaired) electrons. The van der Waals surface area contributed by atoms with E-state index in [1.54, 1.807) is 11.3 Å². The third-order valence-corrected chi connectivity index (χ3v) is 5.51. The average molecular weight is 339 g/mol. The molecule has 0 saturated carbocycles. The van der Waals surface area contributed by atoms with Crippen molar-refractivity contribution >= 4 is 32.4 Å². The molecule has 24 heavy (non-hydrogen) atoms. The van der Waals surface area contributed by atoms with Crippen LogP contribution in [-0.4, -0.2) is 38.3 Å². The number of rotatable bonds is 4. The number of benzene rings is 2. The van der Waals surface area contributed by atoms with E-state index in [1.165, 1.54) is 16.0 Å². The van der Waals surface area contributed by atoms with Gasteiger partial charge in [-0.25, -0.2) is 4.98 Å². The fraction of sp³-hybridized carbons (Fsp3) is 0.316. The van der Waals surface area contributed by atoms with Gasteiger partial charge in [-0.05, 0) is 23.8 Å². The maximum absolute atomic E-state index is 5.48. The minimum atomic E-state index is 0.808. The first-order valence-corrected chi connectivity index (χ1v) is 9.10. The third kappa shape index (κ3) is 3.09. The molecule has 0 N–H and O–H groups in total. The van der Waals surface area contributed by atoms with Gasteiger partial charge in [-0.3, -0.25) is 0 Å². The zero-order valence-corrected chi connectivity index (χ0v) is 14.6. The molecule has 4 rings (SSSR count). The van der Waals surface area contributed by atoms with Crippen molar-refractivity contribution in [3.63, 3.8) is 0 Å². The molecule has 1 aliphatic rings. The van der Waals surface area contributed by atoms with Crippen LogP contribution in [0.4, 0.5) is 10.8 Å². The Hall–Kier alpha value is -2.11. The Morgan fingerprint density at radius 1 is 1.08 bits per heavy atom. The second kappa shape index (κ2) is 6.79. The van der Waals surface area contributed by atoms with Crippen LogP contribution in [0.15, 0.2) is 48.5 Å². The Kier molecular flexibility index (Phi) is 4.36. The molecular weight excluding hydrogens is 318 g/mol. The van der Waals surface area contributed by atoms with E-state index in [1.807, 2.05) is 6.07 Å². The molecule has 2 aromatic carbocycles. The highest BCUT2D eigenvalue weighted by molar-refractivity contribution is 7.22. The number of nitrogens with zero attached hydrogens (tertiary/aromatic N) is 3. The summed E-state index contributed by atoms with van der Waals surface area (Å²) in [6.45, 7) is 4.39. The van der Waals surface area contributed by atoms with Gasteiger partial charge in [0.15, 0.2) is 5.13 Å². The molecule has 5 heteroatoms. The lowest BCUT2D eigenvalue weighted by atomic mass is 10.1. The minimum absolute atomic E-state index is 0.808. The summed E-state index contributed by atoms with van der Waals surface area (Å²) < 4.78 is 6.72. The maximum Gasteiger partial charge on any atom is 0.186 e. The summed E-state index contributed by atoms with van der Waals surface area (Å²) in [6.07, 6.45) is 0. The largest absolute Gasteiger partial charge is 0.378 e. The molecule has 2 heterocycles. The molecule has 4 nitrogen and oxygen atoms in total. The van der Waals surface area contributed by atoms with E-state index in [-0.39, 0.29) is 0 Å². The summed E-state index contributed by atoms with van der Waals surface area (Å²) in [5, 5.41) is 1.06. The summed E-state index contributed by atoms with van der Waals surface area (Å²) in [5.74, 6) is 0. The molecule has 1 aliphatic heterocycles. The van der Waals surface area contributed by atoms with Crippen molar-refractivity contribution in [3.8, 4) is 0 Å². The topological polar surface area (TPSA) is 28.6 Å². The second-order valence-electron chi connectivity index (χ2n) is 6.05. The molecule has 0 atom stereocenters. The lowest BCUT2D eigenvalue weighted by molar-refractivity contribution is 0.122. The predicted octanol–water partition coefficient (Wildman–Crippen LogP) is 3.77. The van der Waals surface area contributed by atoms with Crippen LogP contribution in [0.25, 0.3) is 10.2 Å². The highest BCUT2D eigenvalue weighted by Gasteiger charge is 2.16. The van der Waals surface area contributed by atoms with Crippen molar-refractivity contribution in [2.24, 2.45) is 0 Å². The van der Waals surface area contributed by atoms with E-state index in [4.69, 9.17) is 9.72 Å². The molecule has 0 amide bonds. The number of para-hydroxylation sites is 2. The third-order valence-electron chi connectivity index (χ3n) is 4.36. The zero-order chi connectivity index (χ0) is 16.4. The van der Waals surface area contributed by atoms with Crippen LogP contribution >= 0.6 is 11.3 Å². The lowest BCUT2D eigenvalue weighted by Gasteiger charge is -2.31. The Bertz CT molecular complexity index is 793. The van der Waals surface area contributed by atoms with E-state index in [0.717, 1.165) is 43.5 Å². The first-order chi connectivity index (χ1) is 11.8. The first-order valence-electron chi connectivity index (χ1n) is 8.28. The van der Waals surface area contributed by atoms with Gasteiger partial charge in [-0.1, -0.05) is 41.7 Å². The average Bonchev–Trinajstić information content (AvgIpc) is 3.07. The predicted molar refractivity (Wildman–Crippen MR) is 101 cm³/mol. The van der Waals surface area contributed by atoms with Gasteiger partial charge in [0.2, 0.25) is 0 Å². The molecule has 3 aromatic rings. The molecule has 0 unspecified atom stereocenters. The van der Waals surface area contributed by atoms with Crippen LogP contribution in [0.1, 0.15) is 5.56 Å². The highest BCUT2D eigenvalue weighted by atomic mass is 32.1. The number of hydrogen-bond donors (Lipinski definition) is 0. The second-order valence-corrected chi connectivity index (χ2v) is 7.06. The minimum Gasteiger partial charge on any atom is -0.378 e. The van der Waals surface area contributed by atoms with Gasteiger partial charge < -0.3 is 14.5 Å². The summed E-state index contributed by atoms with van der Waals surface area (Å²) in [6, 6.07) is 17.0. The number of thiazole rings is 1. The van der Waals surface area contributed by atoms with E-state index in [2.05, 4.69) is 59.3 Å². The van der Waals surface area contributed by atoms with Crippen molar-refractivity contribution in [2.75, 3.05) is 43.2 Å². The summed E-state index contributed by atoms with van der Waals surface area (Å²) in [5.41, 5.74) is 3.72. The molecule has 1 saturated heterocycles. The number of ether oxygens (including phenoxy) is 1. The number of morpholine rings is 1. The fourth-order valence-corrected chi connectivity index (χ4v) is 4.03. The molecule has 0 spiro atoms. The SMILES string of the molecule is CN(Cc1ccccc1N1CCOCC1)c1nc2ccccc2s1. The van der Waals surface area contributed by atoms with Crippen molar-refractivity contribution in [2.45, 2.75) is 6.54 Å². The zero-order valence-electron chi connectivity index (χ0n) is 13.8. The monoisotopic (exact) mass is 339 g/mol. The number of anilines is 2. The number of aromatic nitrogens is 1. The Balaban J connectivity index is 1.58. The quantitative estimate of drug-likeness (QED) is 0.723. The Labute approximate surface area is 146 Å². The van der Waals surface area contributed by atoms with Gasteiger partial charge in [-0.2, -0.15) is 0 Å². The smallest absolute Gasteiger partial charge is 0.186 e. The Morgan fingerprint density at radius 2 is 1.83 bits per heavy atom. The molecule has 0 bridgehead atoms. The van der Waals surface area contributed by atoms with Crippen molar-refractivity contribution < 1.29 is 4.74 Å². The first kappa shape index (κ1) is 15.4. The van der Waals surface area contributed by atoms with E-state index in [9.17, 15) is 0 Å². The van der Waals surface area contributed by atoms with Crippen LogP contribution in [0.3, 0.4) is 0 Å². The van der Waals surface area contributed by atoms with Crippen LogP contribution in [-0.2, 0) is 11.3 Å². The van der Waals surface area contributed by atoms with Crippen LogP contribution in [0, 0.1) is 0 Å². The number of hydrogen-bond acceptors (Lipinski definition) is 5. The van der Waals surface area contributed by atoms with Gasteiger partial charge in [0.05, 0.1) is 23.4 Å². The Morgan fingerprint density at radius 3 is 2.67 bits per heavy atom. The molecular formula is C19H21N3OS. The van der Waals surface area contributed by atoms with Gasteiger partial charge in [0.25, 0.3) is 0 Å². The maximum atomic E-state index is 5.48. The van der Waals surface area contributed by atoms with Gasteiger partial charge in [-0.15, -0.1) is 0 Å². The van der Waals surface area contributed by atoms with Crippen LogP contribution in [0.2, 0.25) is 0 Å². The fourth-order valence-electron chi connectivity index (χ4n) is 3.10. The summed E-state index contributed by atoms with van der Waals surface area (Å²) in [7, 11) is 2.12. The summed E-state index contributed by atoms with van der Waals surface area (Å²) in [4.78, 5) is 9.42.